The van der Waals surface area contributed by atoms with E-state index in [0.717, 1.165) is 41.2 Å². The Morgan fingerprint density at radius 2 is 1.91 bits per heavy atom. The number of carboxylic acid groups (broad SMARTS) is 1. The molecule has 2 aliphatic rings. The van der Waals surface area contributed by atoms with E-state index in [1.807, 2.05) is 12.1 Å². The van der Waals surface area contributed by atoms with Crippen LogP contribution in [0.3, 0.4) is 0 Å². The van der Waals surface area contributed by atoms with Crippen LogP contribution in [0.4, 0.5) is 11.4 Å². The molecule has 1 saturated heterocycles. The maximum atomic E-state index is 11.0. The first-order valence-corrected chi connectivity index (χ1v) is 11.4. The molecule has 2 heterocycles. The Balaban J connectivity index is 0.000000523. The highest BCUT2D eigenvalue weighted by Gasteiger charge is 2.30. The number of quaternary nitrogens is 1. The number of aryl methyl sites for hydroxylation is 1. The van der Waals surface area contributed by atoms with Crippen LogP contribution in [0.5, 0.6) is 5.75 Å². The van der Waals surface area contributed by atoms with E-state index < -0.39 is 5.97 Å². The Hall–Kier alpha value is -2.73. The summed E-state index contributed by atoms with van der Waals surface area (Å²) in [6.07, 6.45) is 0.934. The first-order chi connectivity index (χ1) is 14.9. The zero-order valence-corrected chi connectivity index (χ0v) is 20.2. The fourth-order valence-electron chi connectivity index (χ4n) is 3.71. The van der Waals surface area contributed by atoms with Crippen molar-refractivity contribution in [1.82, 2.24) is 0 Å². The average Bonchev–Trinajstić information content (AvgIpc) is 2.63. The molecular formula is C26H37N3O3. The number of anilines is 2. The number of nitrogens with one attached hydrogen (secondary N) is 1. The lowest BCUT2D eigenvalue weighted by Gasteiger charge is -2.41. The fourth-order valence-corrected chi connectivity index (χ4v) is 3.71. The van der Waals surface area contributed by atoms with Crippen molar-refractivity contribution < 1.29 is 20.4 Å². The summed E-state index contributed by atoms with van der Waals surface area (Å²) in [5, 5.41) is 14.5. The number of nitrogens with zero attached hydrogens (tertiary/aromatic N) is 1. The Kier molecular flexibility index (Phi) is 6.75. The summed E-state index contributed by atoms with van der Waals surface area (Å²) in [5.74, 6) is -0.440. The highest BCUT2D eigenvalue weighted by molar-refractivity contribution is 5.85. The topological polar surface area (TPSA) is 92.3 Å². The van der Waals surface area contributed by atoms with Gasteiger partial charge in [0.2, 0.25) is 0 Å². The molecule has 0 bridgehead atoms. The van der Waals surface area contributed by atoms with Gasteiger partial charge in [-0.15, -0.1) is 0 Å². The van der Waals surface area contributed by atoms with Gasteiger partial charge in [-0.1, -0.05) is 19.1 Å². The van der Waals surface area contributed by atoms with Gasteiger partial charge in [0.25, 0.3) is 0 Å². The number of fused-ring (bicyclic) bond motifs is 1. The van der Waals surface area contributed by atoms with Gasteiger partial charge >= 0.3 is 0 Å². The lowest BCUT2D eigenvalue weighted by Crippen LogP contribution is -2.67. The molecule has 6 nitrogen and oxygen atoms in total. The van der Waals surface area contributed by atoms with E-state index in [9.17, 15) is 9.90 Å². The highest BCUT2D eigenvalue weighted by atomic mass is 16.5. The summed E-state index contributed by atoms with van der Waals surface area (Å²) in [4.78, 5) is 13.0. The summed E-state index contributed by atoms with van der Waals surface area (Å²) in [7, 11) is 0. The number of benzene rings is 2. The second-order valence-corrected chi connectivity index (χ2v) is 10.6. The zero-order valence-electron chi connectivity index (χ0n) is 20.2. The van der Waals surface area contributed by atoms with Crippen LogP contribution in [-0.4, -0.2) is 36.7 Å². The molecule has 32 heavy (non-hydrogen) atoms. The summed E-state index contributed by atoms with van der Waals surface area (Å²) < 4.78 is 6.23. The van der Waals surface area contributed by atoms with E-state index in [4.69, 9.17) is 4.74 Å². The summed E-state index contributed by atoms with van der Waals surface area (Å²) in [6, 6.07) is 12.6. The van der Waals surface area contributed by atoms with Crippen LogP contribution < -0.4 is 25.8 Å². The van der Waals surface area contributed by atoms with Crippen molar-refractivity contribution in [3.63, 3.8) is 0 Å². The van der Waals surface area contributed by atoms with Crippen molar-refractivity contribution in [1.29, 1.82) is 0 Å². The minimum absolute atomic E-state index is 0.240. The van der Waals surface area contributed by atoms with Crippen molar-refractivity contribution in [2.24, 2.45) is 5.92 Å². The van der Waals surface area contributed by atoms with Crippen molar-refractivity contribution >= 4 is 17.3 Å². The van der Waals surface area contributed by atoms with E-state index in [1.54, 1.807) is 0 Å². The standard InChI is InChI=1S/C22H26N2O3.C4H11N/c1-4-14-8-18(20-19(9-14)27-22(2,3)13-23-20)15-6-5-7-17(10-15)24-11-16(12-24)21(25)26;1-4(2,3)5/h5-10,16,23H,4,11-13H2,1-3H3,(H,25,26);5H2,1-3H3. The maximum absolute atomic E-state index is 11.0. The molecule has 0 spiro atoms. The zero-order chi connectivity index (χ0) is 23.7. The van der Waals surface area contributed by atoms with Crippen LogP contribution in [0.15, 0.2) is 36.4 Å². The predicted octanol–water partition coefficient (Wildman–Crippen LogP) is 2.71. The lowest BCUT2D eigenvalue weighted by molar-refractivity contribution is -0.458. The van der Waals surface area contributed by atoms with Gasteiger partial charge in [-0.2, -0.15) is 0 Å². The molecule has 2 aromatic carbocycles. The molecule has 0 aromatic heterocycles. The molecule has 0 saturated carbocycles. The number of ether oxygens (including phenoxy) is 1. The van der Waals surface area contributed by atoms with Gasteiger partial charge in [0, 0.05) is 36.2 Å². The molecule has 2 aromatic rings. The van der Waals surface area contributed by atoms with Crippen molar-refractivity contribution in [2.45, 2.75) is 59.1 Å². The Bertz CT molecular complexity index is 967. The first-order valence-electron chi connectivity index (χ1n) is 11.4. The molecule has 0 atom stereocenters. The van der Waals surface area contributed by atoms with E-state index in [2.05, 4.69) is 81.8 Å². The van der Waals surface area contributed by atoms with Crippen molar-refractivity contribution in [3.8, 4) is 16.9 Å². The molecule has 6 heteroatoms. The number of carboxylic acids is 1. The molecule has 4 N–H and O–H groups in total. The van der Waals surface area contributed by atoms with Crippen LogP contribution >= 0.6 is 0 Å². The molecule has 174 valence electrons. The molecule has 4 rings (SSSR count). The van der Waals surface area contributed by atoms with Gasteiger partial charge < -0.3 is 30.6 Å². The maximum Gasteiger partial charge on any atom is 0.144 e. The van der Waals surface area contributed by atoms with Gasteiger partial charge in [0.1, 0.15) is 11.4 Å². The third-order valence-corrected chi connectivity index (χ3v) is 5.38. The smallest absolute Gasteiger partial charge is 0.144 e. The van der Waals surface area contributed by atoms with E-state index >= 15 is 0 Å². The Labute approximate surface area is 191 Å². The lowest BCUT2D eigenvalue weighted by atomic mass is 9.95. The minimum atomic E-state index is -0.962. The largest absolute Gasteiger partial charge is 0.550 e. The Morgan fingerprint density at radius 3 is 2.50 bits per heavy atom. The number of aliphatic carboxylic acids is 1. The number of hydrogen-bond acceptors (Lipinski definition) is 5. The van der Waals surface area contributed by atoms with Gasteiger partial charge in [-0.25, -0.2) is 0 Å². The van der Waals surface area contributed by atoms with Crippen molar-refractivity contribution in [2.75, 3.05) is 29.9 Å². The Morgan fingerprint density at radius 1 is 1.25 bits per heavy atom. The van der Waals surface area contributed by atoms with Gasteiger partial charge in [0.15, 0.2) is 0 Å². The summed E-state index contributed by atoms with van der Waals surface area (Å²) in [6.45, 7) is 14.3. The monoisotopic (exact) mass is 439 g/mol. The molecule has 1 fully saturated rings. The molecule has 0 radical (unpaired) electrons. The molecule has 2 aliphatic heterocycles. The van der Waals surface area contributed by atoms with E-state index in [-0.39, 0.29) is 17.1 Å². The third kappa shape index (κ3) is 5.94. The number of rotatable bonds is 4. The SMILES string of the molecule is CC(C)(C)[NH3+].CCc1cc2c(c(-c3cccc(N4CC(C(=O)[O-])C4)c3)c1)NCC(C)(C)O2. The summed E-state index contributed by atoms with van der Waals surface area (Å²) >= 11 is 0. The third-order valence-electron chi connectivity index (χ3n) is 5.38. The molecule has 0 aliphatic carbocycles. The first kappa shape index (κ1) is 23.9. The predicted molar refractivity (Wildman–Crippen MR) is 128 cm³/mol. The van der Waals surface area contributed by atoms with Gasteiger partial charge in [-0.05, 0) is 76.4 Å². The van der Waals surface area contributed by atoms with Crippen LogP contribution in [0.1, 0.15) is 47.1 Å². The molecule has 0 unspecified atom stereocenters. The van der Waals surface area contributed by atoms with Crippen molar-refractivity contribution in [3.05, 3.63) is 42.0 Å². The minimum Gasteiger partial charge on any atom is -0.550 e. The second kappa shape index (κ2) is 9.02. The molecular weight excluding hydrogens is 402 g/mol. The van der Waals surface area contributed by atoms with Gasteiger partial charge in [-0.3, -0.25) is 0 Å². The number of hydrogen-bond donors (Lipinski definition) is 2. The summed E-state index contributed by atoms with van der Waals surface area (Å²) in [5.41, 5.74) is 9.31. The fraction of sp³-hybridized carbons (Fsp3) is 0.500. The van der Waals surface area contributed by atoms with Gasteiger partial charge in [0.05, 0.1) is 17.8 Å². The molecule has 0 amide bonds. The second-order valence-electron chi connectivity index (χ2n) is 10.6. The van der Waals surface area contributed by atoms with Crippen LogP contribution in [0.25, 0.3) is 11.1 Å². The highest BCUT2D eigenvalue weighted by Crippen LogP contribution is 2.42. The van der Waals surface area contributed by atoms with Crippen LogP contribution in [0.2, 0.25) is 0 Å². The quantitative estimate of drug-likeness (QED) is 0.764. The number of carbonyl (C=O) groups is 1. The number of carbonyl (C=O) groups excluding carboxylic acids is 1. The average molecular weight is 440 g/mol. The normalized spacial score (nSPS) is 17.2. The van der Waals surface area contributed by atoms with E-state index in [0.29, 0.717) is 13.1 Å². The van der Waals surface area contributed by atoms with E-state index in [1.165, 1.54) is 5.56 Å². The van der Waals surface area contributed by atoms with Crippen LogP contribution in [-0.2, 0) is 11.2 Å². The van der Waals surface area contributed by atoms with Crippen LogP contribution in [0, 0.1) is 5.92 Å².